The Bertz CT molecular complexity index is 981. The van der Waals surface area contributed by atoms with E-state index in [1.165, 1.54) is 6.20 Å². The lowest BCUT2D eigenvalue weighted by Gasteiger charge is -2.25. The third-order valence-electron chi connectivity index (χ3n) is 4.62. The van der Waals surface area contributed by atoms with E-state index < -0.39 is 0 Å². The maximum absolute atomic E-state index is 8.90. The van der Waals surface area contributed by atoms with Gasteiger partial charge in [-0.2, -0.15) is 15.3 Å². The number of aryl methyl sites for hydroxylation is 1. The minimum Gasteiger partial charge on any atom is -0.367 e. The van der Waals surface area contributed by atoms with Crippen LogP contribution in [0.1, 0.15) is 18.4 Å². The molecule has 9 nitrogen and oxygen atoms in total. The molecule has 0 atom stereocenters. The molecule has 0 amide bonds. The quantitative estimate of drug-likeness (QED) is 0.620. The maximum atomic E-state index is 8.90. The van der Waals surface area contributed by atoms with Gasteiger partial charge in [0.25, 0.3) is 0 Å². The Morgan fingerprint density at radius 3 is 2.71 bits per heavy atom. The first kappa shape index (κ1) is 17.9. The van der Waals surface area contributed by atoms with Crippen molar-refractivity contribution in [2.75, 3.05) is 23.7 Å². The van der Waals surface area contributed by atoms with Gasteiger partial charge in [-0.05, 0) is 38.1 Å². The number of hydrogen-bond acceptors (Lipinski definition) is 8. The highest BCUT2D eigenvalue weighted by molar-refractivity contribution is 5.75. The van der Waals surface area contributed by atoms with E-state index in [0.717, 1.165) is 42.9 Å². The summed E-state index contributed by atoms with van der Waals surface area (Å²) < 4.78 is 1.76. The highest BCUT2D eigenvalue weighted by Gasteiger charge is 2.17. The van der Waals surface area contributed by atoms with Crippen molar-refractivity contribution in [3.8, 4) is 17.2 Å². The summed E-state index contributed by atoms with van der Waals surface area (Å²) in [7, 11) is 1.89. The highest BCUT2D eigenvalue weighted by Crippen LogP contribution is 2.28. The second kappa shape index (κ2) is 8.02. The second-order valence-corrected chi connectivity index (χ2v) is 6.70. The molecule has 3 aromatic heterocycles. The summed E-state index contributed by atoms with van der Waals surface area (Å²) >= 11 is 0. The van der Waals surface area contributed by atoms with E-state index in [0.29, 0.717) is 23.4 Å². The van der Waals surface area contributed by atoms with E-state index in [2.05, 4.69) is 37.1 Å². The van der Waals surface area contributed by atoms with Crippen molar-refractivity contribution >= 4 is 17.6 Å². The number of nitrogens with one attached hydrogen (secondary N) is 3. The first-order valence-corrected chi connectivity index (χ1v) is 9.18. The molecule has 4 rings (SSSR count). The van der Waals surface area contributed by atoms with Crippen LogP contribution in [0.5, 0.6) is 0 Å². The fourth-order valence-corrected chi connectivity index (χ4v) is 3.13. The molecule has 1 aliphatic heterocycles. The lowest BCUT2D eigenvalue weighted by atomic mass is 10.1. The zero-order valence-corrected chi connectivity index (χ0v) is 15.6. The van der Waals surface area contributed by atoms with Crippen LogP contribution < -0.4 is 16.0 Å². The Labute approximate surface area is 162 Å². The van der Waals surface area contributed by atoms with Crippen molar-refractivity contribution in [1.82, 2.24) is 30.0 Å². The van der Waals surface area contributed by atoms with Gasteiger partial charge in [0, 0.05) is 42.8 Å². The smallest absolute Gasteiger partial charge is 0.230 e. The number of hydrogen-bond donors (Lipinski definition) is 3. The summed E-state index contributed by atoms with van der Waals surface area (Å²) in [6, 6.07) is 5.84. The van der Waals surface area contributed by atoms with Crippen LogP contribution in [0.4, 0.5) is 17.6 Å². The molecule has 1 saturated heterocycles. The van der Waals surface area contributed by atoms with E-state index in [-0.39, 0.29) is 0 Å². The Hall–Kier alpha value is -3.51. The summed E-state index contributed by atoms with van der Waals surface area (Å²) in [4.78, 5) is 13.4. The first-order valence-electron chi connectivity index (χ1n) is 9.18. The van der Waals surface area contributed by atoms with Crippen molar-refractivity contribution in [1.29, 1.82) is 5.26 Å². The minimum absolute atomic E-state index is 0.354. The molecule has 28 heavy (non-hydrogen) atoms. The molecule has 0 saturated carbocycles. The van der Waals surface area contributed by atoms with Gasteiger partial charge in [0.05, 0.1) is 11.8 Å². The molecule has 142 valence electrons. The van der Waals surface area contributed by atoms with Crippen LogP contribution in [0.3, 0.4) is 0 Å². The molecule has 0 aliphatic carbocycles. The molecule has 1 fully saturated rings. The normalized spacial score (nSPS) is 14.4. The zero-order chi connectivity index (χ0) is 19.3. The fourth-order valence-electron chi connectivity index (χ4n) is 3.13. The molecule has 1 aliphatic rings. The van der Waals surface area contributed by atoms with Crippen LogP contribution in [-0.4, -0.2) is 43.9 Å². The second-order valence-electron chi connectivity index (χ2n) is 6.70. The van der Waals surface area contributed by atoms with Crippen LogP contribution in [-0.2, 0) is 7.05 Å². The molecule has 0 aromatic carbocycles. The zero-order valence-electron chi connectivity index (χ0n) is 15.6. The van der Waals surface area contributed by atoms with Gasteiger partial charge in [-0.15, -0.1) is 0 Å². The first-order chi connectivity index (χ1) is 13.7. The molecule has 0 bridgehead atoms. The van der Waals surface area contributed by atoms with Crippen molar-refractivity contribution in [3.63, 3.8) is 0 Å². The number of pyridine rings is 1. The summed E-state index contributed by atoms with van der Waals surface area (Å²) in [6.45, 7) is 1.98. The van der Waals surface area contributed by atoms with Crippen LogP contribution in [0, 0.1) is 11.3 Å². The predicted molar refractivity (Wildman–Crippen MR) is 106 cm³/mol. The van der Waals surface area contributed by atoms with Crippen molar-refractivity contribution in [2.45, 2.75) is 18.9 Å². The molecular weight excluding hydrogens is 354 g/mol. The topological polar surface area (TPSA) is 116 Å². The van der Waals surface area contributed by atoms with E-state index in [1.807, 2.05) is 19.4 Å². The Kier molecular flexibility index (Phi) is 5.12. The number of nitrogens with zero attached hydrogens (tertiary/aromatic N) is 6. The maximum Gasteiger partial charge on any atom is 0.230 e. The SMILES string of the molecule is Cn1cc(-c2cnc(Nc3ccc(C#N)cn3)nc2NC2CCNCC2)cn1. The molecule has 4 heterocycles. The van der Waals surface area contributed by atoms with Crippen LogP contribution in [0.2, 0.25) is 0 Å². The van der Waals surface area contributed by atoms with Crippen LogP contribution >= 0.6 is 0 Å². The van der Waals surface area contributed by atoms with Crippen molar-refractivity contribution < 1.29 is 0 Å². The number of nitriles is 1. The average Bonchev–Trinajstić information content (AvgIpc) is 3.16. The van der Waals surface area contributed by atoms with Gasteiger partial charge in [-0.3, -0.25) is 4.68 Å². The highest BCUT2D eigenvalue weighted by atomic mass is 15.2. The molecule has 3 N–H and O–H groups in total. The lowest BCUT2D eigenvalue weighted by Crippen LogP contribution is -2.35. The monoisotopic (exact) mass is 375 g/mol. The molecule has 3 aromatic rings. The molecule has 0 spiro atoms. The van der Waals surface area contributed by atoms with Gasteiger partial charge in [0.15, 0.2) is 0 Å². The Morgan fingerprint density at radius 1 is 1.18 bits per heavy atom. The summed E-state index contributed by atoms with van der Waals surface area (Å²) in [5.41, 5.74) is 2.37. The number of piperidine rings is 1. The molecule has 9 heteroatoms. The third-order valence-corrected chi connectivity index (χ3v) is 4.62. The Morgan fingerprint density at radius 2 is 2.04 bits per heavy atom. The molecule has 0 radical (unpaired) electrons. The van der Waals surface area contributed by atoms with Crippen LogP contribution in [0.15, 0.2) is 36.9 Å². The van der Waals surface area contributed by atoms with Gasteiger partial charge in [-0.1, -0.05) is 0 Å². The fraction of sp³-hybridized carbons (Fsp3) is 0.316. The standard InChI is InChI=1S/C19H21N9/c1-28-12-14(10-24-28)16-11-23-19(26-17-3-2-13(8-20)9-22-17)27-18(16)25-15-4-6-21-7-5-15/h2-3,9-12,15,21H,4-7H2,1H3,(H2,22,23,25,26,27). The van der Waals surface area contributed by atoms with E-state index in [9.17, 15) is 0 Å². The van der Waals surface area contributed by atoms with Gasteiger partial charge in [-0.25, -0.2) is 9.97 Å². The van der Waals surface area contributed by atoms with E-state index >= 15 is 0 Å². The number of rotatable bonds is 5. The van der Waals surface area contributed by atoms with Gasteiger partial charge < -0.3 is 16.0 Å². The summed E-state index contributed by atoms with van der Waals surface area (Å²) in [5, 5.41) is 23.2. The number of anilines is 3. The van der Waals surface area contributed by atoms with Crippen molar-refractivity contribution in [3.05, 3.63) is 42.5 Å². The third kappa shape index (κ3) is 4.07. The predicted octanol–water partition coefficient (Wildman–Crippen LogP) is 2.05. The summed E-state index contributed by atoms with van der Waals surface area (Å²) in [5.74, 6) is 1.80. The van der Waals surface area contributed by atoms with E-state index in [1.54, 1.807) is 23.0 Å². The summed E-state index contributed by atoms with van der Waals surface area (Å²) in [6.07, 6.45) is 9.13. The van der Waals surface area contributed by atoms with Gasteiger partial charge in [0.2, 0.25) is 5.95 Å². The largest absolute Gasteiger partial charge is 0.367 e. The van der Waals surface area contributed by atoms with Crippen LogP contribution in [0.25, 0.3) is 11.1 Å². The average molecular weight is 375 g/mol. The molecule has 0 unspecified atom stereocenters. The lowest BCUT2D eigenvalue weighted by molar-refractivity contribution is 0.478. The van der Waals surface area contributed by atoms with Gasteiger partial charge in [0.1, 0.15) is 17.7 Å². The van der Waals surface area contributed by atoms with Gasteiger partial charge >= 0.3 is 0 Å². The minimum atomic E-state index is 0.354. The number of aromatic nitrogens is 5. The Balaban J connectivity index is 1.62. The van der Waals surface area contributed by atoms with Crippen molar-refractivity contribution in [2.24, 2.45) is 7.05 Å². The van der Waals surface area contributed by atoms with E-state index in [4.69, 9.17) is 10.2 Å². The molecular formula is C19H21N9.